The molecule has 0 saturated heterocycles. The molecular weight excluding hydrogens is 278 g/mol. The molecule has 1 unspecified atom stereocenters. The number of hydrazone groups is 1. The number of halogens is 4. The Morgan fingerprint density at radius 3 is 2.55 bits per heavy atom. The van der Waals surface area contributed by atoms with Crippen LogP contribution in [0.4, 0.5) is 23.2 Å². The molecule has 0 spiro atoms. The molecule has 2 rings (SSSR count). The Hall–Kier alpha value is -2.12. The maximum atomic E-state index is 14.5. The highest BCUT2D eigenvalue weighted by Crippen LogP contribution is 2.27. The topological polar surface area (TPSA) is 44.7 Å². The lowest BCUT2D eigenvalue weighted by Crippen LogP contribution is -2.50. The van der Waals surface area contributed by atoms with Gasteiger partial charge in [-0.05, 0) is 24.3 Å². The molecule has 20 heavy (non-hydrogen) atoms. The van der Waals surface area contributed by atoms with E-state index >= 15 is 0 Å². The van der Waals surface area contributed by atoms with Crippen molar-refractivity contribution in [1.82, 2.24) is 5.01 Å². The number of rotatable bonds is 3. The van der Waals surface area contributed by atoms with Gasteiger partial charge in [-0.15, -0.1) is 0 Å². The molecular formula is C12H11F4N3O. The van der Waals surface area contributed by atoms with Gasteiger partial charge in [-0.25, -0.2) is 17.6 Å². The van der Waals surface area contributed by atoms with Crippen molar-refractivity contribution in [1.29, 1.82) is 0 Å². The number of nitrogens with one attached hydrogen (secondary N) is 1. The van der Waals surface area contributed by atoms with E-state index in [9.17, 15) is 22.4 Å². The van der Waals surface area contributed by atoms with Crippen LogP contribution in [0.2, 0.25) is 0 Å². The van der Waals surface area contributed by atoms with Crippen molar-refractivity contribution in [2.75, 3.05) is 18.9 Å². The van der Waals surface area contributed by atoms with Crippen molar-refractivity contribution in [2.45, 2.75) is 12.1 Å². The summed E-state index contributed by atoms with van der Waals surface area (Å²) in [5, 5.41) is 6.39. The van der Waals surface area contributed by atoms with Crippen LogP contribution < -0.4 is 5.32 Å². The van der Waals surface area contributed by atoms with Crippen molar-refractivity contribution < 1.29 is 22.4 Å². The van der Waals surface area contributed by atoms with Gasteiger partial charge in [0.15, 0.2) is 5.71 Å². The summed E-state index contributed by atoms with van der Waals surface area (Å²) in [4.78, 5) is 11.9. The molecule has 1 heterocycles. The van der Waals surface area contributed by atoms with Gasteiger partial charge in [0.1, 0.15) is 5.82 Å². The van der Waals surface area contributed by atoms with Crippen LogP contribution in [0.25, 0.3) is 0 Å². The molecule has 1 amide bonds. The van der Waals surface area contributed by atoms with Gasteiger partial charge in [0.25, 0.3) is 18.0 Å². The van der Waals surface area contributed by atoms with Gasteiger partial charge in [-0.1, -0.05) is 0 Å². The fourth-order valence-corrected chi connectivity index (χ4v) is 1.86. The zero-order valence-corrected chi connectivity index (χ0v) is 10.4. The average Bonchev–Trinajstić information content (AvgIpc) is 2.69. The van der Waals surface area contributed by atoms with Gasteiger partial charge in [0.2, 0.25) is 0 Å². The predicted molar refractivity (Wildman–Crippen MR) is 64.9 cm³/mol. The highest BCUT2D eigenvalue weighted by atomic mass is 19.3. The van der Waals surface area contributed by atoms with E-state index in [2.05, 4.69) is 10.4 Å². The fourth-order valence-electron chi connectivity index (χ4n) is 1.86. The third-order valence-electron chi connectivity index (χ3n) is 2.80. The molecule has 4 nitrogen and oxygen atoms in total. The quantitative estimate of drug-likeness (QED) is 0.865. The number of carbonyl (C=O) groups excluding carboxylic acids is 1. The number of amides is 1. The average molecular weight is 289 g/mol. The van der Waals surface area contributed by atoms with E-state index in [0.717, 1.165) is 17.1 Å². The molecule has 1 N–H and O–H groups in total. The van der Waals surface area contributed by atoms with Crippen molar-refractivity contribution in [3.63, 3.8) is 0 Å². The van der Waals surface area contributed by atoms with Crippen LogP contribution in [0, 0.1) is 5.82 Å². The highest BCUT2D eigenvalue weighted by Gasteiger charge is 2.52. The van der Waals surface area contributed by atoms with E-state index in [4.69, 9.17) is 0 Å². The Morgan fingerprint density at radius 1 is 1.40 bits per heavy atom. The first kappa shape index (κ1) is 14.3. The zero-order chi connectivity index (χ0) is 14.9. The molecule has 1 aliphatic rings. The second-order valence-corrected chi connectivity index (χ2v) is 4.36. The molecule has 0 saturated carbocycles. The Labute approximate surface area is 112 Å². The van der Waals surface area contributed by atoms with Crippen molar-refractivity contribution in [2.24, 2.45) is 5.10 Å². The molecule has 1 aliphatic heterocycles. The summed E-state index contributed by atoms with van der Waals surface area (Å²) < 4.78 is 52.7. The van der Waals surface area contributed by atoms with Crippen molar-refractivity contribution in [3.05, 3.63) is 30.1 Å². The summed E-state index contributed by atoms with van der Waals surface area (Å²) in [7, 11) is 1.29. The SMILES string of the molecule is CN1CC(F)(C(=O)Nc2ccc(F)cc2)C(C(F)F)=N1. The number of alkyl halides is 3. The first-order chi connectivity index (χ1) is 9.33. The minimum absolute atomic E-state index is 0.108. The molecule has 0 bridgehead atoms. The van der Waals surface area contributed by atoms with Crippen LogP contribution in [0.5, 0.6) is 0 Å². The predicted octanol–water partition coefficient (Wildman–Crippen LogP) is 2.04. The van der Waals surface area contributed by atoms with Crippen LogP contribution >= 0.6 is 0 Å². The van der Waals surface area contributed by atoms with Gasteiger partial charge >= 0.3 is 0 Å². The molecule has 108 valence electrons. The molecule has 0 aliphatic carbocycles. The lowest BCUT2D eigenvalue weighted by molar-refractivity contribution is -0.124. The number of carbonyl (C=O) groups is 1. The molecule has 0 fully saturated rings. The summed E-state index contributed by atoms with van der Waals surface area (Å²) >= 11 is 0. The molecule has 1 aromatic rings. The number of hydrogen-bond acceptors (Lipinski definition) is 3. The van der Waals surface area contributed by atoms with Crippen LogP contribution in [0.15, 0.2) is 29.4 Å². The molecule has 0 aromatic heterocycles. The van der Waals surface area contributed by atoms with Crippen molar-refractivity contribution >= 4 is 17.3 Å². The van der Waals surface area contributed by atoms with Crippen LogP contribution in [0.3, 0.4) is 0 Å². The second-order valence-electron chi connectivity index (χ2n) is 4.36. The van der Waals surface area contributed by atoms with Crippen LogP contribution in [-0.2, 0) is 4.79 Å². The first-order valence-electron chi connectivity index (χ1n) is 5.67. The largest absolute Gasteiger partial charge is 0.323 e. The summed E-state index contributed by atoms with van der Waals surface area (Å²) in [6.45, 7) is -0.598. The van der Waals surface area contributed by atoms with E-state index < -0.39 is 36.1 Å². The molecule has 1 aromatic carbocycles. The lowest BCUT2D eigenvalue weighted by atomic mass is 9.99. The Kier molecular flexibility index (Phi) is 3.65. The third kappa shape index (κ3) is 2.59. The normalized spacial score (nSPS) is 22.1. The fraction of sp³-hybridized carbons (Fsp3) is 0.333. The molecule has 0 radical (unpaired) electrons. The number of benzene rings is 1. The number of anilines is 1. The van der Waals surface area contributed by atoms with E-state index in [1.165, 1.54) is 19.2 Å². The monoisotopic (exact) mass is 289 g/mol. The Morgan fingerprint density at radius 2 is 2.00 bits per heavy atom. The van der Waals surface area contributed by atoms with Gasteiger partial charge in [0, 0.05) is 12.7 Å². The standard InChI is InChI=1S/C12H11F4N3O/c1-19-6-12(16,9(18-19)10(14)15)11(20)17-8-4-2-7(13)3-5-8/h2-5,10H,6H2,1H3,(H,17,20). The highest BCUT2D eigenvalue weighted by molar-refractivity contribution is 6.18. The van der Waals surface area contributed by atoms with E-state index in [-0.39, 0.29) is 5.69 Å². The van der Waals surface area contributed by atoms with E-state index in [0.29, 0.717) is 0 Å². The van der Waals surface area contributed by atoms with Gasteiger partial charge < -0.3 is 5.32 Å². The second kappa shape index (κ2) is 5.10. The summed E-state index contributed by atoms with van der Waals surface area (Å²) in [5.74, 6) is -1.79. The smallest absolute Gasteiger partial charge is 0.282 e. The third-order valence-corrected chi connectivity index (χ3v) is 2.80. The first-order valence-corrected chi connectivity index (χ1v) is 5.67. The minimum Gasteiger partial charge on any atom is -0.323 e. The van der Waals surface area contributed by atoms with Gasteiger partial charge in [-0.2, -0.15) is 5.10 Å². The Balaban J connectivity index is 2.19. The minimum atomic E-state index is -3.18. The molecule has 8 heteroatoms. The lowest BCUT2D eigenvalue weighted by Gasteiger charge is -2.20. The maximum absolute atomic E-state index is 14.5. The maximum Gasteiger partial charge on any atom is 0.282 e. The van der Waals surface area contributed by atoms with Crippen LogP contribution in [-0.4, -0.2) is 42.3 Å². The van der Waals surface area contributed by atoms with Gasteiger partial charge in [0.05, 0.1) is 6.54 Å². The van der Waals surface area contributed by atoms with E-state index in [1.54, 1.807) is 0 Å². The number of hydrogen-bond donors (Lipinski definition) is 1. The number of nitrogens with zero attached hydrogens (tertiary/aromatic N) is 2. The van der Waals surface area contributed by atoms with Crippen LogP contribution in [0.1, 0.15) is 0 Å². The molecule has 1 atom stereocenters. The summed E-state index contributed by atoms with van der Waals surface area (Å²) in [6, 6.07) is 4.52. The van der Waals surface area contributed by atoms with E-state index in [1.807, 2.05) is 0 Å². The zero-order valence-electron chi connectivity index (χ0n) is 10.4. The summed E-state index contributed by atoms with van der Waals surface area (Å²) in [5.41, 5.74) is -3.92. The Bertz CT molecular complexity index is 546. The summed E-state index contributed by atoms with van der Waals surface area (Å²) in [6.07, 6.45) is -3.18. The van der Waals surface area contributed by atoms with Gasteiger partial charge in [-0.3, -0.25) is 9.80 Å². The van der Waals surface area contributed by atoms with Crippen molar-refractivity contribution in [3.8, 4) is 0 Å².